The van der Waals surface area contributed by atoms with Gasteiger partial charge in [0.15, 0.2) is 0 Å². The van der Waals surface area contributed by atoms with Crippen LogP contribution in [0.25, 0.3) is 11.1 Å². The van der Waals surface area contributed by atoms with E-state index in [4.69, 9.17) is 4.74 Å². The number of hydrogen-bond donors (Lipinski definition) is 2. The van der Waals surface area contributed by atoms with Crippen molar-refractivity contribution in [2.45, 2.75) is 124 Å². The average Bonchev–Trinajstić information content (AvgIpc) is 2.97. The number of carbonyl (C=O) groups excluding carboxylic acids is 1. The molecule has 3 rings (SSSR count). The van der Waals surface area contributed by atoms with Gasteiger partial charge in [-0.15, -0.1) is 0 Å². The third kappa shape index (κ3) is 10.8. The summed E-state index contributed by atoms with van der Waals surface area (Å²) in [5, 5.41) is 12.4. The molecule has 0 heterocycles. The molecule has 0 unspecified atom stereocenters. The fourth-order valence-electron chi connectivity index (χ4n) is 6.36. The third-order valence-electron chi connectivity index (χ3n) is 8.92. The van der Waals surface area contributed by atoms with Gasteiger partial charge in [-0.05, 0) is 86.3 Å². The summed E-state index contributed by atoms with van der Waals surface area (Å²) in [6.07, 6.45) is 9.93. The molecule has 1 fully saturated rings. The Kier molecular flexibility index (Phi) is 14.2. The highest BCUT2D eigenvalue weighted by atomic mass is 16.5. The summed E-state index contributed by atoms with van der Waals surface area (Å²) in [7, 11) is 0. The molecule has 1 amide bonds. The van der Waals surface area contributed by atoms with Crippen molar-refractivity contribution in [1.82, 2.24) is 10.2 Å². The van der Waals surface area contributed by atoms with Gasteiger partial charge in [-0.1, -0.05) is 89.6 Å². The van der Waals surface area contributed by atoms with Crippen molar-refractivity contribution in [2.24, 2.45) is 11.8 Å². The van der Waals surface area contributed by atoms with Crippen LogP contribution in [-0.4, -0.2) is 53.2 Å². The van der Waals surface area contributed by atoms with E-state index in [9.17, 15) is 14.7 Å². The molecule has 6 heteroatoms. The van der Waals surface area contributed by atoms with E-state index in [2.05, 4.69) is 57.0 Å². The number of carboxylic acids is 1. The lowest BCUT2D eigenvalue weighted by Crippen LogP contribution is -2.44. The van der Waals surface area contributed by atoms with Crippen LogP contribution in [0.3, 0.4) is 0 Å². The van der Waals surface area contributed by atoms with Crippen LogP contribution in [0.5, 0.6) is 0 Å². The van der Waals surface area contributed by atoms with Crippen LogP contribution < -0.4 is 5.32 Å². The molecule has 0 saturated heterocycles. The number of nitrogens with zero attached hydrogens (tertiary/aromatic N) is 1. The first-order valence-electron chi connectivity index (χ1n) is 16.7. The molecule has 2 atom stereocenters. The predicted molar refractivity (Wildman–Crippen MR) is 176 cm³/mol. The Morgan fingerprint density at radius 1 is 1.00 bits per heavy atom. The summed E-state index contributed by atoms with van der Waals surface area (Å²) >= 11 is 0. The molecular weight excluding hydrogens is 536 g/mol. The molecule has 0 bridgehead atoms. The Hall–Kier alpha value is -2.70. The molecule has 0 radical (unpaired) electrons. The van der Waals surface area contributed by atoms with E-state index in [-0.39, 0.29) is 5.91 Å². The summed E-state index contributed by atoms with van der Waals surface area (Å²) < 4.78 is 6.31. The number of rotatable bonds is 17. The zero-order chi connectivity index (χ0) is 31.4. The van der Waals surface area contributed by atoms with Crippen molar-refractivity contribution < 1.29 is 19.4 Å². The minimum absolute atomic E-state index is 0.325. The molecule has 0 aliphatic heterocycles. The van der Waals surface area contributed by atoms with Crippen LogP contribution in [0.1, 0.15) is 114 Å². The average molecular weight is 593 g/mol. The van der Waals surface area contributed by atoms with Gasteiger partial charge in [0, 0.05) is 30.8 Å². The summed E-state index contributed by atoms with van der Waals surface area (Å²) in [5.41, 5.74) is 4.56. The van der Waals surface area contributed by atoms with Gasteiger partial charge < -0.3 is 15.2 Å². The zero-order valence-electron chi connectivity index (χ0n) is 27.5. The van der Waals surface area contributed by atoms with Gasteiger partial charge in [-0.3, -0.25) is 9.69 Å². The first kappa shape index (κ1) is 34.8. The van der Waals surface area contributed by atoms with E-state index in [1.807, 2.05) is 37.3 Å². The maximum absolute atomic E-state index is 13.5. The lowest BCUT2D eigenvalue weighted by atomic mass is 9.84. The van der Waals surface area contributed by atoms with Gasteiger partial charge in [0.2, 0.25) is 0 Å². The Bertz CT molecular complexity index is 1160. The second-order valence-electron chi connectivity index (χ2n) is 13.3. The Morgan fingerprint density at radius 3 is 2.35 bits per heavy atom. The number of aliphatic carboxylic acids is 1. The molecule has 1 aliphatic rings. The number of aryl methyl sites for hydroxylation is 1. The summed E-state index contributed by atoms with van der Waals surface area (Å²) in [5.74, 6) is 0.0190. The predicted octanol–water partition coefficient (Wildman–Crippen LogP) is 8.26. The minimum Gasteiger partial charge on any atom is -0.480 e. The molecule has 2 N–H and O–H groups in total. The number of ether oxygens (including phenoxy) is 1. The van der Waals surface area contributed by atoms with Crippen LogP contribution in [0.15, 0.2) is 42.5 Å². The minimum atomic E-state index is -1.00. The van der Waals surface area contributed by atoms with Gasteiger partial charge in [0.25, 0.3) is 5.91 Å². The van der Waals surface area contributed by atoms with Crippen LogP contribution >= 0.6 is 0 Å². The number of carboxylic acid groups (broad SMARTS) is 1. The monoisotopic (exact) mass is 592 g/mol. The molecule has 2 aromatic rings. The first-order valence-corrected chi connectivity index (χ1v) is 16.7. The largest absolute Gasteiger partial charge is 0.480 e. The van der Waals surface area contributed by atoms with Crippen LogP contribution in [0, 0.1) is 18.8 Å². The number of nitrogens with one attached hydrogen (secondary N) is 1. The fraction of sp³-hybridized carbons (Fsp3) is 0.622. The van der Waals surface area contributed by atoms with Gasteiger partial charge >= 0.3 is 5.97 Å². The van der Waals surface area contributed by atoms with Gasteiger partial charge in [0.1, 0.15) is 6.04 Å². The van der Waals surface area contributed by atoms with E-state index in [1.54, 1.807) is 0 Å². The highest BCUT2D eigenvalue weighted by Crippen LogP contribution is 2.32. The normalized spacial score (nSPS) is 15.7. The van der Waals surface area contributed by atoms with Gasteiger partial charge in [0.05, 0.1) is 6.61 Å². The van der Waals surface area contributed by atoms with Crippen molar-refractivity contribution in [1.29, 1.82) is 0 Å². The van der Waals surface area contributed by atoms with Crippen molar-refractivity contribution in [3.63, 3.8) is 0 Å². The van der Waals surface area contributed by atoms with E-state index in [0.29, 0.717) is 36.4 Å². The Morgan fingerprint density at radius 2 is 1.72 bits per heavy atom. The highest BCUT2D eigenvalue weighted by Gasteiger charge is 2.27. The summed E-state index contributed by atoms with van der Waals surface area (Å²) in [6.45, 7) is 15.3. The maximum Gasteiger partial charge on any atom is 0.326 e. The second-order valence-corrected chi connectivity index (χ2v) is 13.3. The lowest BCUT2D eigenvalue weighted by molar-refractivity contribution is -0.139. The smallest absolute Gasteiger partial charge is 0.326 e. The number of hydrogen-bond acceptors (Lipinski definition) is 4. The molecule has 238 valence electrons. The molecule has 43 heavy (non-hydrogen) atoms. The summed E-state index contributed by atoms with van der Waals surface area (Å²) in [6, 6.07) is 13.9. The highest BCUT2D eigenvalue weighted by molar-refractivity contribution is 6.02. The molecule has 0 aromatic heterocycles. The van der Waals surface area contributed by atoms with E-state index in [0.717, 1.165) is 60.8 Å². The molecule has 2 aromatic carbocycles. The topological polar surface area (TPSA) is 78.9 Å². The lowest BCUT2D eigenvalue weighted by Gasteiger charge is -2.38. The first-order chi connectivity index (χ1) is 20.6. The number of benzene rings is 2. The number of amides is 1. The van der Waals surface area contributed by atoms with Crippen molar-refractivity contribution in [3.8, 4) is 11.1 Å². The van der Waals surface area contributed by atoms with Gasteiger partial charge in [-0.25, -0.2) is 4.79 Å². The molecule has 1 saturated carbocycles. The summed E-state index contributed by atoms with van der Waals surface area (Å²) in [4.78, 5) is 27.9. The van der Waals surface area contributed by atoms with E-state index >= 15 is 0 Å². The molecule has 0 spiro atoms. The standard InChI is InChI=1S/C37H56N2O4/c1-7-13-35(37(41)42)38-36(40)33-19-18-30(23-34(33)32-17-12-11-14-28(32)6)24-39(27(4)5)31(25-43-21-20-26(2)3)22-29-15-9-8-10-16-29/h11-12,14,17-19,23,26-27,29,31,35H,7-10,13,15-16,20-22,24-25H2,1-6H3,(H,38,40)(H,41,42)/t31-,35+/m1/s1. The molecule has 1 aliphatic carbocycles. The van der Waals surface area contributed by atoms with Crippen molar-refractivity contribution in [3.05, 3.63) is 59.2 Å². The SMILES string of the molecule is CCC[C@H](NC(=O)c1ccc(CN(C(C)C)[C@@H](COCCC(C)C)CC2CCCCC2)cc1-c1ccccc1C)C(=O)O. The van der Waals surface area contributed by atoms with Crippen LogP contribution in [0.2, 0.25) is 0 Å². The third-order valence-corrected chi connectivity index (χ3v) is 8.92. The second kappa shape index (κ2) is 17.6. The van der Waals surface area contributed by atoms with Crippen molar-refractivity contribution in [2.75, 3.05) is 13.2 Å². The Labute approximate surface area is 260 Å². The van der Waals surface area contributed by atoms with Gasteiger partial charge in [-0.2, -0.15) is 0 Å². The quantitative estimate of drug-likeness (QED) is 0.181. The van der Waals surface area contributed by atoms with Crippen LogP contribution in [0.4, 0.5) is 0 Å². The van der Waals surface area contributed by atoms with E-state index in [1.165, 1.54) is 32.1 Å². The number of carbonyl (C=O) groups is 2. The van der Waals surface area contributed by atoms with Crippen molar-refractivity contribution >= 4 is 11.9 Å². The zero-order valence-corrected chi connectivity index (χ0v) is 27.5. The molecular formula is C37H56N2O4. The maximum atomic E-state index is 13.5. The Balaban J connectivity index is 1.93. The van der Waals surface area contributed by atoms with Crippen LogP contribution in [-0.2, 0) is 16.1 Å². The van der Waals surface area contributed by atoms with E-state index < -0.39 is 12.0 Å². The fourth-order valence-corrected chi connectivity index (χ4v) is 6.36. The molecule has 6 nitrogen and oxygen atoms in total.